The Morgan fingerprint density at radius 1 is 1.47 bits per heavy atom. The fraction of sp³-hybridized carbons (Fsp3) is 0.786. The molecule has 0 fully saturated rings. The number of aromatic nitrogens is 2. The Bertz CT molecular complexity index is 392. The Morgan fingerprint density at radius 2 is 2.16 bits per heavy atom. The van der Waals surface area contributed by atoms with Crippen LogP contribution in [0.2, 0.25) is 5.02 Å². The largest absolute Gasteiger partial charge is 0.394 e. The number of aryl methyl sites for hydroxylation is 1. The summed E-state index contributed by atoms with van der Waals surface area (Å²) in [5.41, 5.74) is 0.831. The molecule has 1 aromatic rings. The summed E-state index contributed by atoms with van der Waals surface area (Å²) in [6.45, 7) is 9.29. The highest BCUT2D eigenvalue weighted by Crippen LogP contribution is 2.17. The number of nitrogens with one attached hydrogen (secondary N) is 1. The van der Waals surface area contributed by atoms with E-state index in [0.29, 0.717) is 6.04 Å². The highest BCUT2D eigenvalue weighted by molar-refractivity contribution is 6.31. The molecule has 1 unspecified atom stereocenters. The monoisotopic (exact) mass is 287 g/mol. The van der Waals surface area contributed by atoms with Crippen molar-refractivity contribution in [1.82, 2.24) is 15.1 Å². The van der Waals surface area contributed by atoms with E-state index in [1.165, 1.54) is 0 Å². The van der Waals surface area contributed by atoms with Crippen LogP contribution < -0.4 is 5.32 Å². The Balaban J connectivity index is 2.35. The first-order chi connectivity index (χ1) is 8.88. The molecule has 0 saturated carbocycles. The number of hydrogen-bond donors (Lipinski definition) is 2. The first-order valence-corrected chi connectivity index (χ1v) is 7.32. The lowest BCUT2D eigenvalue weighted by Gasteiger charge is -2.31. The van der Waals surface area contributed by atoms with Gasteiger partial charge in [-0.15, -0.1) is 0 Å². The zero-order chi connectivity index (χ0) is 14.5. The molecular formula is C14H26ClN3O. The first-order valence-electron chi connectivity index (χ1n) is 6.94. The molecule has 110 valence electrons. The van der Waals surface area contributed by atoms with Crippen molar-refractivity contribution in [3.63, 3.8) is 0 Å². The molecule has 0 aromatic carbocycles. The number of halogens is 1. The van der Waals surface area contributed by atoms with E-state index in [-0.39, 0.29) is 12.1 Å². The van der Waals surface area contributed by atoms with Gasteiger partial charge in [-0.25, -0.2) is 0 Å². The van der Waals surface area contributed by atoms with Gasteiger partial charge in [0.25, 0.3) is 0 Å². The molecule has 1 rings (SSSR count). The van der Waals surface area contributed by atoms with Crippen molar-refractivity contribution in [2.24, 2.45) is 0 Å². The first kappa shape index (κ1) is 16.5. The van der Waals surface area contributed by atoms with Crippen molar-refractivity contribution in [2.75, 3.05) is 6.61 Å². The second kappa shape index (κ2) is 7.27. The van der Waals surface area contributed by atoms with Gasteiger partial charge in [0.1, 0.15) is 0 Å². The van der Waals surface area contributed by atoms with Gasteiger partial charge in [0.15, 0.2) is 0 Å². The summed E-state index contributed by atoms with van der Waals surface area (Å²) in [5, 5.41) is 17.9. The number of aliphatic hydroxyl groups excluding tert-OH is 1. The zero-order valence-corrected chi connectivity index (χ0v) is 13.2. The molecule has 0 amide bonds. The van der Waals surface area contributed by atoms with Crippen molar-refractivity contribution in [3.05, 3.63) is 16.9 Å². The fourth-order valence-electron chi connectivity index (χ4n) is 2.32. The van der Waals surface area contributed by atoms with Crippen LogP contribution in [0.25, 0.3) is 0 Å². The minimum Gasteiger partial charge on any atom is -0.394 e. The lowest BCUT2D eigenvalue weighted by Crippen LogP contribution is -2.49. The summed E-state index contributed by atoms with van der Waals surface area (Å²) in [4.78, 5) is 0. The number of unbranched alkanes of at least 4 members (excludes halogenated alkanes) is 1. The van der Waals surface area contributed by atoms with Crippen LogP contribution in [0.15, 0.2) is 6.20 Å². The minimum atomic E-state index is -0.190. The third-order valence-corrected chi connectivity index (χ3v) is 3.75. The standard InChI is InChI=1S/C14H26ClN3O/c1-11(2)17-14(4,10-19)7-5-6-8-18-12(3)13(15)9-16-18/h9,11,17,19H,5-8,10H2,1-4H3. The molecule has 1 heterocycles. The average molecular weight is 288 g/mol. The van der Waals surface area contributed by atoms with E-state index in [9.17, 15) is 5.11 Å². The predicted molar refractivity (Wildman–Crippen MR) is 79.6 cm³/mol. The second-order valence-electron chi connectivity index (χ2n) is 5.78. The Kier molecular flexibility index (Phi) is 6.30. The summed E-state index contributed by atoms with van der Waals surface area (Å²) in [6, 6.07) is 0.379. The molecule has 19 heavy (non-hydrogen) atoms. The highest BCUT2D eigenvalue weighted by atomic mass is 35.5. The topological polar surface area (TPSA) is 50.1 Å². The fourth-order valence-corrected chi connectivity index (χ4v) is 2.46. The lowest BCUT2D eigenvalue weighted by atomic mass is 9.95. The van der Waals surface area contributed by atoms with Gasteiger partial charge >= 0.3 is 0 Å². The highest BCUT2D eigenvalue weighted by Gasteiger charge is 2.22. The molecule has 0 spiro atoms. The number of nitrogens with zero attached hydrogens (tertiary/aromatic N) is 2. The molecule has 1 atom stereocenters. The van der Waals surface area contributed by atoms with Gasteiger partial charge < -0.3 is 10.4 Å². The summed E-state index contributed by atoms with van der Waals surface area (Å²) in [6.07, 6.45) is 4.73. The number of rotatable bonds is 8. The normalized spacial score (nSPS) is 14.9. The van der Waals surface area contributed by atoms with Crippen LogP contribution in [-0.2, 0) is 6.54 Å². The van der Waals surface area contributed by atoms with Crippen LogP contribution in [0.1, 0.15) is 45.7 Å². The van der Waals surface area contributed by atoms with E-state index in [0.717, 1.165) is 36.5 Å². The molecule has 5 heteroatoms. The Hall–Kier alpha value is -0.580. The van der Waals surface area contributed by atoms with E-state index in [4.69, 9.17) is 11.6 Å². The van der Waals surface area contributed by atoms with Crippen LogP contribution in [0.4, 0.5) is 0 Å². The summed E-state index contributed by atoms with van der Waals surface area (Å²) < 4.78 is 1.94. The van der Waals surface area contributed by atoms with Gasteiger partial charge in [-0.05, 0) is 33.1 Å². The second-order valence-corrected chi connectivity index (χ2v) is 6.18. The molecule has 2 N–H and O–H groups in total. The third-order valence-electron chi connectivity index (χ3n) is 3.38. The van der Waals surface area contributed by atoms with Gasteiger partial charge in [0.05, 0.1) is 23.5 Å². The van der Waals surface area contributed by atoms with Gasteiger partial charge in [0, 0.05) is 18.1 Å². The van der Waals surface area contributed by atoms with Gasteiger partial charge in [-0.3, -0.25) is 4.68 Å². The molecule has 0 aliphatic heterocycles. The summed E-state index contributed by atoms with van der Waals surface area (Å²) in [5.74, 6) is 0. The molecule has 0 aliphatic carbocycles. The SMILES string of the molecule is Cc1c(Cl)cnn1CCCCC(C)(CO)NC(C)C. The lowest BCUT2D eigenvalue weighted by molar-refractivity contribution is 0.153. The smallest absolute Gasteiger partial charge is 0.0814 e. The molecule has 0 bridgehead atoms. The third kappa shape index (κ3) is 5.13. The maximum atomic E-state index is 9.50. The predicted octanol–water partition coefficient (Wildman–Crippen LogP) is 2.76. The van der Waals surface area contributed by atoms with Crippen molar-refractivity contribution in [3.8, 4) is 0 Å². The Morgan fingerprint density at radius 3 is 2.63 bits per heavy atom. The molecule has 0 radical (unpaired) electrons. The van der Waals surface area contributed by atoms with Crippen LogP contribution in [0, 0.1) is 6.92 Å². The summed E-state index contributed by atoms with van der Waals surface area (Å²) in [7, 11) is 0. The van der Waals surface area contributed by atoms with Crippen LogP contribution in [0.5, 0.6) is 0 Å². The van der Waals surface area contributed by atoms with Crippen molar-refractivity contribution in [1.29, 1.82) is 0 Å². The number of hydrogen-bond acceptors (Lipinski definition) is 3. The van der Waals surface area contributed by atoms with E-state index in [1.807, 2.05) is 11.6 Å². The quantitative estimate of drug-likeness (QED) is 0.723. The van der Waals surface area contributed by atoms with Crippen LogP contribution in [-0.4, -0.2) is 33.1 Å². The number of aliphatic hydroxyl groups is 1. The maximum absolute atomic E-state index is 9.50. The van der Waals surface area contributed by atoms with E-state index in [2.05, 4.69) is 31.2 Å². The molecule has 4 nitrogen and oxygen atoms in total. The van der Waals surface area contributed by atoms with Gasteiger partial charge in [-0.2, -0.15) is 5.10 Å². The Labute approximate surface area is 121 Å². The van der Waals surface area contributed by atoms with Gasteiger partial charge in [-0.1, -0.05) is 25.4 Å². The molecule has 1 aromatic heterocycles. The van der Waals surface area contributed by atoms with E-state index in [1.54, 1.807) is 6.20 Å². The van der Waals surface area contributed by atoms with Crippen molar-refractivity contribution < 1.29 is 5.11 Å². The van der Waals surface area contributed by atoms with E-state index >= 15 is 0 Å². The van der Waals surface area contributed by atoms with Gasteiger partial charge in [0.2, 0.25) is 0 Å². The molecule has 0 aliphatic rings. The molecule has 0 saturated heterocycles. The zero-order valence-electron chi connectivity index (χ0n) is 12.4. The van der Waals surface area contributed by atoms with Crippen molar-refractivity contribution >= 4 is 11.6 Å². The average Bonchev–Trinajstić information content (AvgIpc) is 2.65. The van der Waals surface area contributed by atoms with Crippen LogP contribution in [0.3, 0.4) is 0 Å². The van der Waals surface area contributed by atoms with Crippen LogP contribution >= 0.6 is 11.6 Å². The van der Waals surface area contributed by atoms with Crippen molar-refractivity contribution in [2.45, 2.75) is 65.1 Å². The summed E-state index contributed by atoms with van der Waals surface area (Å²) >= 11 is 5.97. The molecular weight excluding hydrogens is 262 g/mol. The maximum Gasteiger partial charge on any atom is 0.0814 e. The minimum absolute atomic E-state index is 0.164. The van der Waals surface area contributed by atoms with E-state index < -0.39 is 0 Å².